The van der Waals surface area contributed by atoms with Gasteiger partial charge in [-0.15, -0.1) is 0 Å². The third-order valence-corrected chi connectivity index (χ3v) is 5.74. The number of pyridine rings is 1. The second-order valence-electron chi connectivity index (χ2n) is 6.61. The molecular weight excluding hydrogens is 372 g/mol. The molecule has 1 aliphatic heterocycles. The normalized spacial score (nSPS) is 14.5. The lowest BCUT2D eigenvalue weighted by atomic mass is 10.1. The van der Waals surface area contributed by atoms with Crippen LogP contribution in [0.15, 0.2) is 59.7 Å². The maximum atomic E-state index is 12.1. The molecule has 8 heteroatoms. The second kappa shape index (κ2) is 7.14. The van der Waals surface area contributed by atoms with E-state index in [9.17, 15) is 4.79 Å². The molecular formula is C20H18N6OS. The average molecular weight is 390 g/mol. The molecule has 0 bridgehead atoms. The molecule has 5 rings (SSSR count). The Hall–Kier alpha value is -3.10. The van der Waals surface area contributed by atoms with Crippen LogP contribution >= 0.6 is 11.3 Å². The van der Waals surface area contributed by atoms with Crippen molar-refractivity contribution in [3.05, 3.63) is 65.2 Å². The van der Waals surface area contributed by atoms with Gasteiger partial charge in [-0.2, -0.15) is 14.6 Å². The Balaban J connectivity index is 1.60. The molecule has 1 aromatic carbocycles. The van der Waals surface area contributed by atoms with Crippen LogP contribution in [0.5, 0.6) is 0 Å². The number of rotatable bonds is 3. The van der Waals surface area contributed by atoms with E-state index in [-0.39, 0.29) is 5.56 Å². The van der Waals surface area contributed by atoms with E-state index in [0.29, 0.717) is 4.96 Å². The Morgan fingerprint density at radius 1 is 1.00 bits per heavy atom. The predicted octanol–water partition coefficient (Wildman–Crippen LogP) is 2.29. The lowest BCUT2D eigenvalue weighted by molar-refractivity contribution is 0.579. The van der Waals surface area contributed by atoms with Gasteiger partial charge in [-0.25, -0.2) is 0 Å². The largest absolute Gasteiger partial charge is 0.354 e. The molecule has 0 radical (unpaired) electrons. The lowest BCUT2D eigenvalue weighted by Crippen LogP contribution is -2.44. The van der Waals surface area contributed by atoms with Crippen molar-refractivity contribution in [2.24, 2.45) is 0 Å². The van der Waals surface area contributed by atoms with Gasteiger partial charge in [0.15, 0.2) is 0 Å². The molecule has 0 amide bonds. The van der Waals surface area contributed by atoms with Crippen molar-refractivity contribution < 1.29 is 0 Å². The Morgan fingerprint density at radius 2 is 1.82 bits per heavy atom. The lowest BCUT2D eigenvalue weighted by Gasteiger charge is -2.28. The Morgan fingerprint density at radius 3 is 2.64 bits per heavy atom. The van der Waals surface area contributed by atoms with Crippen molar-refractivity contribution in [3.8, 4) is 21.7 Å². The fourth-order valence-corrected chi connectivity index (χ4v) is 4.30. The minimum Gasteiger partial charge on any atom is -0.354 e. The average Bonchev–Trinajstić information content (AvgIpc) is 3.18. The Labute approximate surface area is 165 Å². The summed E-state index contributed by atoms with van der Waals surface area (Å²) in [5.41, 5.74) is 2.90. The van der Waals surface area contributed by atoms with E-state index in [1.54, 1.807) is 16.8 Å². The highest BCUT2D eigenvalue weighted by Gasteiger charge is 2.18. The van der Waals surface area contributed by atoms with Gasteiger partial charge in [0, 0.05) is 55.8 Å². The number of nitrogens with zero attached hydrogens (tertiary/aromatic N) is 5. The van der Waals surface area contributed by atoms with Crippen molar-refractivity contribution in [3.63, 3.8) is 0 Å². The molecule has 0 atom stereocenters. The van der Waals surface area contributed by atoms with E-state index in [1.165, 1.54) is 11.3 Å². The van der Waals surface area contributed by atoms with Crippen molar-refractivity contribution in [1.82, 2.24) is 24.9 Å². The van der Waals surface area contributed by atoms with Crippen molar-refractivity contribution in [1.29, 1.82) is 0 Å². The monoisotopic (exact) mass is 390 g/mol. The summed E-state index contributed by atoms with van der Waals surface area (Å²) >= 11 is 1.43. The first kappa shape index (κ1) is 17.0. The van der Waals surface area contributed by atoms with E-state index in [2.05, 4.69) is 32.3 Å². The van der Waals surface area contributed by atoms with E-state index < -0.39 is 0 Å². The van der Waals surface area contributed by atoms with Gasteiger partial charge in [0.05, 0.1) is 0 Å². The highest BCUT2D eigenvalue weighted by molar-refractivity contribution is 7.19. The zero-order valence-corrected chi connectivity index (χ0v) is 15.9. The molecule has 1 saturated heterocycles. The predicted molar refractivity (Wildman–Crippen MR) is 111 cm³/mol. The van der Waals surface area contributed by atoms with Gasteiger partial charge in [0.2, 0.25) is 4.96 Å². The van der Waals surface area contributed by atoms with E-state index >= 15 is 0 Å². The molecule has 4 aromatic rings. The first-order valence-corrected chi connectivity index (χ1v) is 9.97. The van der Waals surface area contributed by atoms with Crippen LogP contribution in [0.2, 0.25) is 0 Å². The summed E-state index contributed by atoms with van der Waals surface area (Å²) in [6.45, 7) is 3.47. The third kappa shape index (κ3) is 3.17. The molecule has 7 nitrogen and oxygen atoms in total. The van der Waals surface area contributed by atoms with Crippen LogP contribution in [-0.2, 0) is 0 Å². The molecule has 4 heterocycles. The van der Waals surface area contributed by atoms with Gasteiger partial charge >= 0.3 is 0 Å². The van der Waals surface area contributed by atoms with Crippen molar-refractivity contribution in [2.75, 3.05) is 31.1 Å². The molecule has 1 N–H and O–H groups in total. The molecule has 1 fully saturated rings. The molecule has 0 aliphatic carbocycles. The summed E-state index contributed by atoms with van der Waals surface area (Å²) in [6, 6.07) is 13.7. The minimum absolute atomic E-state index is 0.229. The molecule has 3 aromatic heterocycles. The SMILES string of the molecule is O=c1cc(N2CCNCC2)n2nc(-c3cccc(-c4cccnc4)c3)sc2n1. The Bertz CT molecular complexity index is 1180. The van der Waals surface area contributed by atoms with Gasteiger partial charge in [-0.05, 0) is 17.7 Å². The number of anilines is 1. The van der Waals surface area contributed by atoms with Gasteiger partial charge in [0.1, 0.15) is 10.8 Å². The second-order valence-corrected chi connectivity index (χ2v) is 7.57. The molecule has 0 unspecified atom stereocenters. The van der Waals surface area contributed by atoms with Gasteiger partial charge < -0.3 is 10.2 Å². The Kier molecular flexibility index (Phi) is 4.34. The summed E-state index contributed by atoms with van der Waals surface area (Å²) < 4.78 is 1.80. The van der Waals surface area contributed by atoms with Crippen molar-refractivity contribution >= 4 is 22.1 Å². The van der Waals surface area contributed by atoms with Crippen LogP contribution in [0, 0.1) is 0 Å². The molecule has 140 valence electrons. The zero-order valence-electron chi connectivity index (χ0n) is 15.1. The molecule has 28 heavy (non-hydrogen) atoms. The quantitative estimate of drug-likeness (QED) is 0.579. The zero-order chi connectivity index (χ0) is 18.9. The first-order chi connectivity index (χ1) is 13.8. The van der Waals surface area contributed by atoms with E-state index in [0.717, 1.165) is 53.7 Å². The summed E-state index contributed by atoms with van der Waals surface area (Å²) in [7, 11) is 0. The summed E-state index contributed by atoms with van der Waals surface area (Å²) in [5, 5.41) is 8.96. The number of piperazine rings is 1. The highest BCUT2D eigenvalue weighted by atomic mass is 32.1. The first-order valence-electron chi connectivity index (χ1n) is 9.15. The highest BCUT2D eigenvalue weighted by Crippen LogP contribution is 2.30. The van der Waals surface area contributed by atoms with Gasteiger partial charge in [0.25, 0.3) is 5.56 Å². The summed E-state index contributed by atoms with van der Waals surface area (Å²) in [4.78, 5) is 23.3. The third-order valence-electron chi connectivity index (χ3n) is 4.78. The number of aromatic nitrogens is 4. The number of hydrogen-bond donors (Lipinski definition) is 1. The number of hydrogen-bond acceptors (Lipinski definition) is 7. The molecule has 0 saturated carbocycles. The maximum Gasteiger partial charge on any atom is 0.276 e. The van der Waals surface area contributed by atoms with Crippen LogP contribution in [0.1, 0.15) is 0 Å². The van der Waals surface area contributed by atoms with Gasteiger partial charge in [-0.3, -0.25) is 9.78 Å². The fourth-order valence-electron chi connectivity index (χ4n) is 3.40. The fraction of sp³-hybridized carbons (Fsp3) is 0.200. The van der Waals surface area contributed by atoms with Crippen LogP contribution in [0.3, 0.4) is 0 Å². The van der Waals surface area contributed by atoms with Crippen LogP contribution < -0.4 is 15.8 Å². The van der Waals surface area contributed by atoms with Crippen LogP contribution in [0.4, 0.5) is 5.82 Å². The summed E-state index contributed by atoms with van der Waals surface area (Å²) in [6.07, 6.45) is 3.61. The summed E-state index contributed by atoms with van der Waals surface area (Å²) in [5.74, 6) is 0.808. The van der Waals surface area contributed by atoms with E-state index in [4.69, 9.17) is 5.10 Å². The van der Waals surface area contributed by atoms with E-state index in [1.807, 2.05) is 30.5 Å². The van der Waals surface area contributed by atoms with Gasteiger partial charge in [-0.1, -0.05) is 35.6 Å². The van der Waals surface area contributed by atoms with Crippen molar-refractivity contribution in [2.45, 2.75) is 0 Å². The number of nitrogens with one attached hydrogen (secondary N) is 1. The molecule has 0 spiro atoms. The van der Waals surface area contributed by atoms with Crippen LogP contribution in [-0.4, -0.2) is 45.8 Å². The van der Waals surface area contributed by atoms with Crippen LogP contribution in [0.25, 0.3) is 26.7 Å². The standard InChI is InChI=1S/C20H18N6OS/c27-17-12-18(25-9-7-21-8-10-25)26-20(23-17)28-19(24-26)15-4-1-3-14(11-15)16-5-2-6-22-13-16/h1-6,11-13,21H,7-10H2. The minimum atomic E-state index is -0.229. The topological polar surface area (TPSA) is 75.4 Å². The smallest absolute Gasteiger partial charge is 0.276 e. The number of benzene rings is 1. The number of fused-ring (bicyclic) bond motifs is 1. The maximum absolute atomic E-state index is 12.1. The molecule has 1 aliphatic rings.